The maximum absolute atomic E-state index is 11.3. The van der Waals surface area contributed by atoms with Gasteiger partial charge < -0.3 is 27.7 Å². The van der Waals surface area contributed by atoms with E-state index in [0.29, 0.717) is 18.0 Å². The Morgan fingerprint density at radius 2 is 1.36 bits per heavy atom. The van der Waals surface area contributed by atoms with E-state index >= 15 is 0 Å². The van der Waals surface area contributed by atoms with Gasteiger partial charge in [-0.3, -0.25) is 23.6 Å². The maximum atomic E-state index is 11.3. The number of rotatable bonds is 10. The number of nitriles is 1. The van der Waals surface area contributed by atoms with Gasteiger partial charge >= 0.3 is 5.97 Å². The fraction of sp³-hybridized carbons (Fsp3) is 0.262. The molecule has 0 aliphatic carbocycles. The molecular formula is C61H74ClN17O4. The van der Waals surface area contributed by atoms with Crippen LogP contribution >= 0.6 is 11.6 Å². The zero-order valence-corrected chi connectivity index (χ0v) is 50.0. The van der Waals surface area contributed by atoms with Gasteiger partial charge in [0.2, 0.25) is 0 Å². The topological polar surface area (TPSA) is 219 Å². The van der Waals surface area contributed by atoms with Crippen LogP contribution < -0.4 is 4.74 Å². The number of ether oxygens (including phenoxy) is 2. The van der Waals surface area contributed by atoms with Crippen molar-refractivity contribution >= 4 is 23.4 Å². The second-order valence-corrected chi connectivity index (χ2v) is 18.4. The number of benzene rings is 3. The molecule has 0 aliphatic rings. The molecule has 8 aromatic heterocycles. The lowest BCUT2D eigenvalue weighted by Crippen LogP contribution is -2.11. The van der Waals surface area contributed by atoms with Crippen molar-refractivity contribution < 1.29 is 19.1 Å². The van der Waals surface area contributed by atoms with Gasteiger partial charge in [0, 0.05) is 119 Å². The molecule has 83 heavy (non-hydrogen) atoms. The minimum absolute atomic E-state index is 0.00981. The van der Waals surface area contributed by atoms with Crippen molar-refractivity contribution in [2.24, 2.45) is 21.1 Å². The molecule has 0 amide bonds. The summed E-state index contributed by atoms with van der Waals surface area (Å²) in [5.41, 5.74) is 9.31. The van der Waals surface area contributed by atoms with Crippen LogP contribution in [0.3, 0.4) is 0 Å². The Morgan fingerprint density at radius 3 is 1.78 bits per heavy atom. The summed E-state index contributed by atoms with van der Waals surface area (Å²) in [6.07, 6.45) is 25.7. The van der Waals surface area contributed by atoms with Crippen LogP contribution in [0.25, 0.3) is 22.6 Å². The normalized spacial score (nSPS) is 9.78. The molecule has 0 atom stereocenters. The van der Waals surface area contributed by atoms with E-state index in [4.69, 9.17) is 26.3 Å². The van der Waals surface area contributed by atoms with Crippen molar-refractivity contribution in [3.63, 3.8) is 0 Å². The molecule has 0 unspecified atom stereocenters. The number of carbonyl (C=O) groups is 2. The fourth-order valence-electron chi connectivity index (χ4n) is 6.67. The van der Waals surface area contributed by atoms with Crippen LogP contribution in [0.4, 0.5) is 0 Å². The fourth-order valence-corrected chi connectivity index (χ4v) is 6.80. The number of imidazole rings is 4. The predicted molar refractivity (Wildman–Crippen MR) is 322 cm³/mol. The lowest BCUT2D eigenvalue weighted by atomic mass is 10.2. The number of ketones is 1. The number of Topliss-reactive ketones (excluding diaryl/α,β-unsaturated/α-hetero) is 1. The minimum Gasteiger partial charge on any atom is -0.497 e. The molecule has 0 saturated carbocycles. The van der Waals surface area contributed by atoms with Crippen LogP contribution in [-0.2, 0) is 50.3 Å². The summed E-state index contributed by atoms with van der Waals surface area (Å²) in [7, 11) is 7.29. The first-order valence-electron chi connectivity index (χ1n) is 26.4. The molecule has 0 spiro atoms. The Bertz CT molecular complexity index is 3550. The summed E-state index contributed by atoms with van der Waals surface area (Å²) in [6, 6.07) is 32.3. The highest BCUT2D eigenvalue weighted by atomic mass is 35.5. The van der Waals surface area contributed by atoms with E-state index in [1.165, 1.54) is 18.2 Å². The second kappa shape index (κ2) is 35.6. The zero-order chi connectivity index (χ0) is 60.5. The third kappa shape index (κ3) is 24.5. The number of halogens is 1. The molecule has 0 bridgehead atoms. The van der Waals surface area contributed by atoms with Gasteiger partial charge in [0.25, 0.3) is 0 Å². The summed E-state index contributed by atoms with van der Waals surface area (Å²) in [5, 5.41) is 25.4. The summed E-state index contributed by atoms with van der Waals surface area (Å²) >= 11 is 5.78. The number of carbonyl (C=O) groups excluding carboxylic acids is 2. The highest BCUT2D eigenvalue weighted by Gasteiger charge is 2.06. The second-order valence-electron chi connectivity index (χ2n) is 17.9. The number of esters is 1. The van der Waals surface area contributed by atoms with Gasteiger partial charge in [-0.1, -0.05) is 41.9 Å². The standard InChI is InChI=1S/C13H14N2O2.C11H9N3O.C10H9ClN2.C6H8N2O.C6H10N2.3C5H8N2/c1-2-17-13(16)9-15-8-12(14-10-15)11-6-4-3-5-7-11;1-15-11-4-2-10(3-5-11)14-7-6-9(8-12)13-14;1-8-6-13(7-12-8)10-4-2-9(11)3-5-10;1-5(9)6-3-4-8(2)7-6;1-3-8-5-6(2)4-7-8;1-5-3-6-4-7(5)2;1-5-3-4-7(2)6-5;1-2-7-4-3-6-5-7/h3-8,10H,2,9H2,1H3;2-7H,1H3;2-7H,1H3;3-4H,1-2H3;4-5H,3H2,1-2H3;2*3-4H,1-2H3;3-5H,2H2,1H3. The van der Waals surface area contributed by atoms with Crippen LogP contribution in [0.15, 0.2) is 184 Å². The van der Waals surface area contributed by atoms with Crippen molar-refractivity contribution in [2.75, 3.05) is 13.7 Å². The number of aromatic nitrogens is 16. The Labute approximate surface area is 490 Å². The van der Waals surface area contributed by atoms with Crippen molar-refractivity contribution in [1.29, 1.82) is 5.26 Å². The largest absolute Gasteiger partial charge is 0.497 e. The Morgan fingerprint density at radius 1 is 0.663 bits per heavy atom. The number of hydrogen-bond acceptors (Lipinski definition) is 13. The van der Waals surface area contributed by atoms with Crippen LogP contribution in [0.1, 0.15) is 66.5 Å². The van der Waals surface area contributed by atoms with E-state index in [-0.39, 0.29) is 18.3 Å². The molecule has 3 aromatic carbocycles. The zero-order valence-electron chi connectivity index (χ0n) is 49.3. The number of methoxy groups -OCH3 is 1. The monoisotopic (exact) mass is 1140 g/mol. The van der Waals surface area contributed by atoms with Gasteiger partial charge in [-0.25, -0.2) is 24.6 Å². The van der Waals surface area contributed by atoms with Gasteiger partial charge in [0.1, 0.15) is 24.1 Å². The quantitative estimate of drug-likeness (QED) is 0.0920. The molecular weight excluding hydrogens is 1070 g/mol. The first kappa shape index (κ1) is 65.6. The molecule has 0 radical (unpaired) electrons. The summed E-state index contributed by atoms with van der Waals surface area (Å²) < 4.78 is 24.6. The van der Waals surface area contributed by atoms with Gasteiger partial charge in [0.05, 0.1) is 68.0 Å². The molecule has 0 N–H and O–H groups in total. The number of nitrogens with zero attached hydrogens (tertiary/aromatic N) is 17. The first-order chi connectivity index (χ1) is 39.9. The molecule has 0 saturated heterocycles. The average Bonchev–Trinajstić information content (AvgIpc) is 4.49. The molecule has 21 nitrogen and oxygen atoms in total. The molecule has 11 aromatic rings. The van der Waals surface area contributed by atoms with Crippen LogP contribution in [0.5, 0.6) is 5.75 Å². The van der Waals surface area contributed by atoms with E-state index < -0.39 is 0 Å². The van der Waals surface area contributed by atoms with Crippen molar-refractivity contribution in [3.05, 3.63) is 223 Å². The Balaban J connectivity index is 0.000000209. The summed E-state index contributed by atoms with van der Waals surface area (Å²) in [4.78, 5) is 38.0. The predicted octanol–water partition coefficient (Wildman–Crippen LogP) is 10.9. The van der Waals surface area contributed by atoms with Crippen molar-refractivity contribution in [3.8, 4) is 34.5 Å². The average molecular weight is 1140 g/mol. The summed E-state index contributed by atoms with van der Waals surface area (Å²) in [6.45, 7) is 18.0. The Hall–Kier alpha value is -9.94. The Kier molecular flexibility index (Phi) is 28.1. The molecule has 0 aliphatic heterocycles. The lowest BCUT2D eigenvalue weighted by Gasteiger charge is -2.02. The summed E-state index contributed by atoms with van der Waals surface area (Å²) in [5.74, 6) is 0.562. The SMILES string of the molecule is CC(=O)c1ccn(C)n1.CCOC(=O)Cn1cnc(-c2ccccc2)c1.CCn1cc(C)cn1.CCn1ccnc1.COc1ccc(-n2ccc(C#N)n2)cc1.Cc1ccn(C)n1.Cc1cn(-c2ccc(Cl)cc2)cn1.Cc1cncn1C. The lowest BCUT2D eigenvalue weighted by molar-refractivity contribution is -0.143. The van der Waals surface area contributed by atoms with E-state index in [2.05, 4.69) is 54.2 Å². The smallest absolute Gasteiger partial charge is 0.325 e. The van der Waals surface area contributed by atoms with Crippen LogP contribution in [0.2, 0.25) is 5.02 Å². The van der Waals surface area contributed by atoms with Crippen molar-refractivity contribution in [2.45, 2.75) is 75.0 Å². The molecule has 8 heterocycles. The van der Waals surface area contributed by atoms with Crippen LogP contribution in [-0.4, -0.2) is 103 Å². The third-order valence-corrected chi connectivity index (χ3v) is 11.4. The van der Waals surface area contributed by atoms with Gasteiger partial charge in [0.15, 0.2) is 11.5 Å². The third-order valence-electron chi connectivity index (χ3n) is 11.2. The highest BCUT2D eigenvalue weighted by molar-refractivity contribution is 6.30. The van der Waals surface area contributed by atoms with Gasteiger partial charge in [-0.05, 0) is 121 Å². The van der Waals surface area contributed by atoms with Crippen molar-refractivity contribution in [1.82, 2.24) is 77.3 Å². The minimum atomic E-state index is -0.246. The molecule has 434 valence electrons. The van der Waals surface area contributed by atoms with Gasteiger partial charge in [-0.2, -0.15) is 25.7 Å². The van der Waals surface area contributed by atoms with Gasteiger partial charge in [-0.15, -0.1) is 0 Å². The van der Waals surface area contributed by atoms with E-state index in [0.717, 1.165) is 57.9 Å². The highest BCUT2D eigenvalue weighted by Crippen LogP contribution is 2.17. The number of aryl methyl sites for hydroxylation is 9. The molecule has 0 fully saturated rings. The van der Waals surface area contributed by atoms with E-state index in [1.807, 2.05) is 195 Å². The number of hydrogen-bond donors (Lipinski definition) is 0. The van der Waals surface area contributed by atoms with E-state index in [9.17, 15) is 9.59 Å². The first-order valence-corrected chi connectivity index (χ1v) is 26.8. The molecule has 22 heteroatoms. The van der Waals surface area contributed by atoms with Crippen LogP contribution in [0, 0.1) is 39.0 Å². The van der Waals surface area contributed by atoms with E-state index in [1.54, 1.807) is 95.7 Å². The maximum Gasteiger partial charge on any atom is 0.325 e. The molecule has 11 rings (SSSR count).